The van der Waals surface area contributed by atoms with Gasteiger partial charge in [-0.15, -0.1) is 0 Å². The fourth-order valence-electron chi connectivity index (χ4n) is 2.28. The third-order valence-electron chi connectivity index (χ3n) is 3.50. The van der Waals surface area contributed by atoms with Gasteiger partial charge >= 0.3 is 0 Å². The maximum absolute atomic E-state index is 5.58. The number of aryl methyl sites for hydroxylation is 1. The number of nitrogens with one attached hydrogen (secondary N) is 2. The van der Waals surface area contributed by atoms with E-state index in [9.17, 15) is 0 Å². The summed E-state index contributed by atoms with van der Waals surface area (Å²) in [5.41, 5.74) is 1.08. The normalized spacial score (nSPS) is 22.5. The molecule has 5 heteroatoms. The fourth-order valence-corrected chi connectivity index (χ4v) is 2.28. The van der Waals surface area contributed by atoms with Crippen molar-refractivity contribution in [2.45, 2.75) is 52.7 Å². The van der Waals surface area contributed by atoms with E-state index in [1.54, 1.807) is 0 Å². The summed E-state index contributed by atoms with van der Waals surface area (Å²) in [7, 11) is 0. The molecule has 2 N–H and O–H groups in total. The first-order valence-electron chi connectivity index (χ1n) is 7.09. The first-order valence-corrected chi connectivity index (χ1v) is 7.09. The van der Waals surface area contributed by atoms with Crippen molar-refractivity contribution < 1.29 is 4.74 Å². The molecule has 5 nitrogen and oxygen atoms in total. The van der Waals surface area contributed by atoms with Crippen LogP contribution in [0.15, 0.2) is 0 Å². The smallest absolute Gasteiger partial charge is 0.135 e. The lowest BCUT2D eigenvalue weighted by atomic mass is 10.1. The van der Waals surface area contributed by atoms with Crippen molar-refractivity contribution in [3.63, 3.8) is 0 Å². The molecule has 0 aromatic carbocycles. The minimum atomic E-state index is 0.238. The molecular formula is C14H24N4O. The number of rotatable bonds is 5. The van der Waals surface area contributed by atoms with Crippen molar-refractivity contribution in [3.8, 4) is 0 Å². The number of ether oxygens (including phenoxy) is 1. The summed E-state index contributed by atoms with van der Waals surface area (Å²) in [5.74, 6) is 2.65. The molecule has 2 atom stereocenters. The van der Waals surface area contributed by atoms with Crippen molar-refractivity contribution in [2.75, 3.05) is 23.8 Å². The molecule has 0 amide bonds. The molecule has 106 valence electrons. The summed E-state index contributed by atoms with van der Waals surface area (Å²) >= 11 is 0. The van der Waals surface area contributed by atoms with Gasteiger partial charge in [-0.2, -0.15) is 0 Å². The molecule has 0 bridgehead atoms. The summed E-state index contributed by atoms with van der Waals surface area (Å²) in [6.45, 7) is 9.98. The summed E-state index contributed by atoms with van der Waals surface area (Å²) in [4.78, 5) is 8.99. The van der Waals surface area contributed by atoms with Gasteiger partial charge in [-0.1, -0.05) is 6.92 Å². The van der Waals surface area contributed by atoms with Crippen molar-refractivity contribution in [2.24, 2.45) is 0 Å². The van der Waals surface area contributed by atoms with E-state index in [0.29, 0.717) is 6.04 Å². The van der Waals surface area contributed by atoms with Gasteiger partial charge in [-0.05, 0) is 33.6 Å². The van der Waals surface area contributed by atoms with Gasteiger partial charge in [0.15, 0.2) is 0 Å². The second-order valence-electron chi connectivity index (χ2n) is 5.14. The Morgan fingerprint density at radius 1 is 1.26 bits per heavy atom. The Morgan fingerprint density at radius 2 is 2.00 bits per heavy atom. The molecule has 0 saturated carbocycles. The SMILES string of the molecule is CCCNc1nc(C)nc(NC2CCOC2C)c1C. The number of anilines is 2. The zero-order valence-corrected chi connectivity index (χ0v) is 12.3. The van der Waals surface area contributed by atoms with E-state index in [1.165, 1.54) is 0 Å². The monoisotopic (exact) mass is 264 g/mol. The lowest BCUT2D eigenvalue weighted by molar-refractivity contribution is 0.121. The van der Waals surface area contributed by atoms with Gasteiger partial charge in [-0.25, -0.2) is 9.97 Å². The van der Waals surface area contributed by atoms with Crippen LogP contribution in [0.25, 0.3) is 0 Å². The highest BCUT2D eigenvalue weighted by Gasteiger charge is 2.25. The molecule has 1 saturated heterocycles. The highest BCUT2D eigenvalue weighted by atomic mass is 16.5. The first-order chi connectivity index (χ1) is 9.11. The standard InChI is InChI=1S/C14H24N4O/c1-5-7-15-13-9(2)14(17-11(4)16-13)18-12-6-8-19-10(12)3/h10,12H,5-8H2,1-4H3,(H2,15,16,17,18). The maximum atomic E-state index is 5.58. The van der Waals surface area contributed by atoms with Gasteiger partial charge in [0.2, 0.25) is 0 Å². The van der Waals surface area contributed by atoms with E-state index in [1.807, 2.05) is 6.92 Å². The van der Waals surface area contributed by atoms with Crippen molar-refractivity contribution in [1.82, 2.24) is 9.97 Å². The van der Waals surface area contributed by atoms with Gasteiger partial charge in [-0.3, -0.25) is 0 Å². The Labute approximate surface area is 115 Å². The molecule has 1 fully saturated rings. The first kappa shape index (κ1) is 14.1. The van der Waals surface area contributed by atoms with Crippen LogP contribution in [0.2, 0.25) is 0 Å². The fraction of sp³-hybridized carbons (Fsp3) is 0.714. The lowest BCUT2D eigenvalue weighted by Crippen LogP contribution is -2.28. The predicted molar refractivity (Wildman–Crippen MR) is 77.7 cm³/mol. The van der Waals surface area contributed by atoms with Crippen LogP contribution in [0, 0.1) is 13.8 Å². The van der Waals surface area contributed by atoms with E-state index in [2.05, 4.69) is 41.4 Å². The van der Waals surface area contributed by atoms with Crippen LogP contribution in [-0.4, -0.2) is 35.3 Å². The van der Waals surface area contributed by atoms with Crippen LogP contribution in [-0.2, 0) is 4.74 Å². The zero-order valence-electron chi connectivity index (χ0n) is 12.3. The van der Waals surface area contributed by atoms with E-state index in [4.69, 9.17) is 4.74 Å². The van der Waals surface area contributed by atoms with Crippen molar-refractivity contribution in [3.05, 3.63) is 11.4 Å². The minimum Gasteiger partial charge on any atom is -0.376 e. The molecule has 2 heterocycles. The van der Waals surface area contributed by atoms with Crippen molar-refractivity contribution >= 4 is 11.6 Å². The molecular weight excluding hydrogens is 240 g/mol. The number of hydrogen-bond donors (Lipinski definition) is 2. The van der Waals surface area contributed by atoms with Crippen LogP contribution >= 0.6 is 0 Å². The number of aromatic nitrogens is 2. The summed E-state index contributed by atoms with van der Waals surface area (Å²) in [6.07, 6.45) is 2.35. The van der Waals surface area contributed by atoms with E-state index >= 15 is 0 Å². The zero-order chi connectivity index (χ0) is 13.8. The van der Waals surface area contributed by atoms with Crippen LogP contribution < -0.4 is 10.6 Å². The third kappa shape index (κ3) is 3.35. The molecule has 0 radical (unpaired) electrons. The van der Waals surface area contributed by atoms with Gasteiger partial charge in [0.25, 0.3) is 0 Å². The van der Waals surface area contributed by atoms with Crippen LogP contribution in [0.1, 0.15) is 38.1 Å². The second kappa shape index (κ2) is 6.19. The molecule has 2 unspecified atom stereocenters. The van der Waals surface area contributed by atoms with E-state index < -0.39 is 0 Å². The van der Waals surface area contributed by atoms with Gasteiger partial charge in [0.1, 0.15) is 17.5 Å². The average Bonchev–Trinajstić information content (AvgIpc) is 2.77. The lowest BCUT2D eigenvalue weighted by Gasteiger charge is -2.19. The average molecular weight is 264 g/mol. The Bertz CT molecular complexity index is 436. The summed E-state index contributed by atoms with van der Waals surface area (Å²) < 4.78 is 5.58. The Hall–Kier alpha value is -1.36. The Kier molecular flexibility index (Phi) is 4.58. The van der Waals surface area contributed by atoms with Crippen molar-refractivity contribution in [1.29, 1.82) is 0 Å². The molecule has 19 heavy (non-hydrogen) atoms. The van der Waals surface area contributed by atoms with Crippen LogP contribution in [0.4, 0.5) is 11.6 Å². The third-order valence-corrected chi connectivity index (χ3v) is 3.50. The molecule has 1 aromatic heterocycles. The molecule has 1 aliphatic rings. The quantitative estimate of drug-likeness (QED) is 0.855. The topological polar surface area (TPSA) is 59.1 Å². The molecule has 0 spiro atoms. The number of nitrogens with zero attached hydrogens (tertiary/aromatic N) is 2. The minimum absolute atomic E-state index is 0.238. The molecule has 2 rings (SSSR count). The highest BCUT2D eigenvalue weighted by molar-refractivity contribution is 5.57. The van der Waals surface area contributed by atoms with Gasteiger partial charge in [0, 0.05) is 18.7 Å². The van der Waals surface area contributed by atoms with E-state index in [-0.39, 0.29) is 6.10 Å². The van der Waals surface area contributed by atoms with Gasteiger partial charge in [0.05, 0.1) is 12.1 Å². The van der Waals surface area contributed by atoms with Gasteiger partial charge < -0.3 is 15.4 Å². The second-order valence-corrected chi connectivity index (χ2v) is 5.14. The Morgan fingerprint density at radius 3 is 2.63 bits per heavy atom. The predicted octanol–water partition coefficient (Wildman–Crippen LogP) is 2.50. The molecule has 1 aromatic rings. The highest BCUT2D eigenvalue weighted by Crippen LogP contribution is 2.24. The summed E-state index contributed by atoms with van der Waals surface area (Å²) in [5, 5.41) is 6.86. The maximum Gasteiger partial charge on any atom is 0.135 e. The van der Waals surface area contributed by atoms with Crippen LogP contribution in [0.3, 0.4) is 0 Å². The largest absolute Gasteiger partial charge is 0.376 e. The molecule has 0 aliphatic carbocycles. The molecule has 1 aliphatic heterocycles. The Balaban J connectivity index is 2.17. The summed E-state index contributed by atoms with van der Waals surface area (Å²) in [6, 6.07) is 0.340. The number of hydrogen-bond acceptors (Lipinski definition) is 5. The van der Waals surface area contributed by atoms with Crippen LogP contribution in [0.5, 0.6) is 0 Å². The van der Waals surface area contributed by atoms with E-state index in [0.717, 1.165) is 49.0 Å².